The highest BCUT2D eigenvalue weighted by Crippen LogP contribution is 1.25. The highest BCUT2D eigenvalue weighted by atomic mass is 16.2. The van der Waals surface area contributed by atoms with Gasteiger partial charge in [0.05, 0.1) is 0 Å². The molecule has 0 aliphatic rings. The Kier molecular flexibility index (Phi) is 13.3. The average Bonchev–Trinajstić information content (AvgIpc) is 1.41. The second kappa shape index (κ2) is 8.87. The van der Waals surface area contributed by atoms with E-state index in [4.69, 9.17) is 4.79 Å². The Morgan fingerprint density at radius 3 is 1.33 bits per heavy atom. The molecule has 38 valence electrons. The second-order valence-corrected chi connectivity index (χ2v) is 0.402. The summed E-state index contributed by atoms with van der Waals surface area (Å²) in [4.78, 5) is 9.00. The summed E-state index contributed by atoms with van der Waals surface area (Å²) in [5, 5.41) is 0. The molecule has 0 unspecified atom stereocenters. The van der Waals surface area contributed by atoms with E-state index in [2.05, 4.69) is 17.2 Å². The monoisotopic (exact) mass is 91.1 g/mol. The van der Waals surface area contributed by atoms with Crippen molar-refractivity contribution < 1.29 is 4.79 Å². The smallest absolute Gasteiger partial charge is 0.309 e. The first-order valence-electron chi connectivity index (χ1n) is 1.36. The first kappa shape index (κ1) is 8.97. The molecule has 0 bridgehead atoms. The van der Waals surface area contributed by atoms with E-state index in [9.17, 15) is 0 Å². The maximum absolute atomic E-state index is 9.00. The summed E-state index contributed by atoms with van der Waals surface area (Å²) >= 11 is 0. The molecule has 0 heterocycles. The normalized spacial score (nSPS) is 5.00. The molecule has 0 atom stereocenters. The van der Waals surface area contributed by atoms with E-state index in [1.807, 2.05) is 0 Å². The van der Waals surface area contributed by atoms with Crippen LogP contribution < -0.4 is 17.2 Å². The number of hydrogen-bond donors (Lipinski definition) is 3. The Balaban J connectivity index is 0. The molecule has 0 aromatic heterocycles. The molecule has 4 heteroatoms. The van der Waals surface area contributed by atoms with Crippen molar-refractivity contribution in [1.82, 2.24) is 0 Å². The highest BCUT2D eigenvalue weighted by Gasteiger charge is 1.60. The van der Waals surface area contributed by atoms with Gasteiger partial charge in [-0.2, -0.15) is 0 Å². The van der Waals surface area contributed by atoms with Crippen LogP contribution in [0.5, 0.6) is 0 Å². The fraction of sp³-hybridized carbons (Fsp3) is 0.500. The van der Waals surface area contributed by atoms with E-state index >= 15 is 0 Å². The fourth-order valence-corrected chi connectivity index (χ4v) is 0. The Bertz CT molecular complexity index is 31.8. The zero-order valence-corrected chi connectivity index (χ0v) is 3.64. The minimum absolute atomic E-state index is 0.833. The molecule has 0 saturated carbocycles. The Hall–Kier alpha value is -0.770. The summed E-state index contributed by atoms with van der Waals surface area (Å²) in [5.74, 6) is 0. The van der Waals surface area contributed by atoms with Crippen LogP contribution in [0.15, 0.2) is 0 Å². The number of amides is 2. The molecule has 4 nitrogen and oxygen atoms in total. The molecule has 2 amide bonds. The predicted molar refractivity (Wildman–Crippen MR) is 23.9 cm³/mol. The summed E-state index contributed by atoms with van der Waals surface area (Å²) in [5.41, 5.74) is 13.0. The largest absolute Gasteiger partial charge is 0.352 e. The van der Waals surface area contributed by atoms with Crippen molar-refractivity contribution in [2.75, 3.05) is 7.05 Å². The van der Waals surface area contributed by atoms with E-state index in [0.717, 1.165) is 0 Å². The first-order chi connectivity index (χ1) is 2.73. The lowest BCUT2D eigenvalue weighted by Crippen LogP contribution is -2.18. The third-order valence-corrected chi connectivity index (χ3v) is 0. The van der Waals surface area contributed by atoms with Gasteiger partial charge in [-0.1, -0.05) is 0 Å². The van der Waals surface area contributed by atoms with Crippen LogP contribution >= 0.6 is 0 Å². The molecule has 6 N–H and O–H groups in total. The van der Waals surface area contributed by atoms with E-state index in [1.54, 1.807) is 0 Å². The Morgan fingerprint density at radius 2 is 1.33 bits per heavy atom. The highest BCUT2D eigenvalue weighted by molar-refractivity contribution is 5.69. The zero-order valence-electron chi connectivity index (χ0n) is 3.64. The third kappa shape index (κ3) is 27.1. The second-order valence-electron chi connectivity index (χ2n) is 0.402. The van der Waals surface area contributed by atoms with Crippen LogP contribution in [0.3, 0.4) is 0 Å². The van der Waals surface area contributed by atoms with Gasteiger partial charge in [0.15, 0.2) is 0 Å². The van der Waals surface area contributed by atoms with Crippen molar-refractivity contribution in [3.63, 3.8) is 0 Å². The lowest BCUT2D eigenvalue weighted by molar-refractivity contribution is 0.256. The molecule has 0 rings (SSSR count). The summed E-state index contributed by atoms with van der Waals surface area (Å²) < 4.78 is 0. The first-order valence-corrected chi connectivity index (χ1v) is 1.36. The minimum atomic E-state index is -0.833. The molecule has 6 heavy (non-hydrogen) atoms. The molecule has 0 radical (unpaired) electrons. The van der Waals surface area contributed by atoms with E-state index < -0.39 is 6.03 Å². The van der Waals surface area contributed by atoms with E-state index in [0.29, 0.717) is 0 Å². The Morgan fingerprint density at radius 1 is 1.33 bits per heavy atom. The van der Waals surface area contributed by atoms with Gasteiger partial charge in [0.1, 0.15) is 0 Å². The Labute approximate surface area is 36.3 Å². The number of carbonyl (C=O) groups is 1. The minimum Gasteiger partial charge on any atom is -0.352 e. The summed E-state index contributed by atoms with van der Waals surface area (Å²) in [6.07, 6.45) is 0. The van der Waals surface area contributed by atoms with Crippen LogP contribution in [0.4, 0.5) is 4.79 Å². The molecule has 0 saturated heterocycles. The molecule has 0 aliphatic heterocycles. The molecule has 0 aromatic carbocycles. The standard InChI is InChI=1S/CH4N2O.CH5N/c2-1(3)4;1-2/h(H4,2,3,4);2H2,1H3. The van der Waals surface area contributed by atoms with Gasteiger partial charge in [0.2, 0.25) is 0 Å². The number of primary amides is 2. The maximum atomic E-state index is 9.00. The molecule has 0 spiro atoms. The van der Waals surface area contributed by atoms with Crippen molar-refractivity contribution in [3.8, 4) is 0 Å². The summed E-state index contributed by atoms with van der Waals surface area (Å²) in [6, 6.07) is -0.833. The van der Waals surface area contributed by atoms with Crippen LogP contribution in [-0.4, -0.2) is 13.1 Å². The average molecular weight is 91.1 g/mol. The quantitative estimate of drug-likeness (QED) is 0.342. The van der Waals surface area contributed by atoms with Crippen molar-refractivity contribution in [2.24, 2.45) is 17.2 Å². The topological polar surface area (TPSA) is 95.1 Å². The van der Waals surface area contributed by atoms with Crippen LogP contribution in [-0.2, 0) is 0 Å². The fourth-order valence-electron chi connectivity index (χ4n) is 0. The van der Waals surface area contributed by atoms with Crippen LogP contribution in [0.1, 0.15) is 0 Å². The molecular formula is C2H9N3O. The van der Waals surface area contributed by atoms with Gasteiger partial charge in [-0.25, -0.2) is 4.79 Å². The van der Waals surface area contributed by atoms with Crippen LogP contribution in [0, 0.1) is 0 Å². The van der Waals surface area contributed by atoms with Crippen LogP contribution in [0.2, 0.25) is 0 Å². The molecule has 0 aliphatic carbocycles. The molecule has 0 aromatic rings. The molecular weight excluding hydrogens is 82.0 g/mol. The lowest BCUT2D eigenvalue weighted by Gasteiger charge is -1.62. The lowest BCUT2D eigenvalue weighted by atomic mass is 11.2. The number of carbonyl (C=O) groups excluding carboxylic acids is 1. The number of nitrogens with two attached hydrogens (primary N) is 3. The zero-order chi connectivity index (χ0) is 5.58. The predicted octanol–water partition coefficient (Wildman–Crippen LogP) is -1.40. The SMILES string of the molecule is CN.NC(N)=O. The third-order valence-electron chi connectivity index (χ3n) is 0. The maximum Gasteiger partial charge on any atom is 0.309 e. The number of urea groups is 1. The van der Waals surface area contributed by atoms with Gasteiger partial charge in [0, 0.05) is 0 Å². The van der Waals surface area contributed by atoms with E-state index in [1.165, 1.54) is 7.05 Å². The summed E-state index contributed by atoms with van der Waals surface area (Å²) in [6.45, 7) is 0. The van der Waals surface area contributed by atoms with Gasteiger partial charge < -0.3 is 17.2 Å². The van der Waals surface area contributed by atoms with Gasteiger partial charge >= 0.3 is 6.03 Å². The van der Waals surface area contributed by atoms with Gasteiger partial charge in [-0.3, -0.25) is 0 Å². The van der Waals surface area contributed by atoms with Gasteiger partial charge in [0.25, 0.3) is 0 Å². The summed E-state index contributed by atoms with van der Waals surface area (Å²) in [7, 11) is 1.50. The molecule has 0 fully saturated rings. The number of rotatable bonds is 0. The van der Waals surface area contributed by atoms with Gasteiger partial charge in [-0.05, 0) is 7.05 Å². The van der Waals surface area contributed by atoms with Crippen molar-refractivity contribution in [3.05, 3.63) is 0 Å². The van der Waals surface area contributed by atoms with Crippen molar-refractivity contribution >= 4 is 6.03 Å². The number of hydrogen-bond acceptors (Lipinski definition) is 2. The van der Waals surface area contributed by atoms with E-state index in [-0.39, 0.29) is 0 Å². The van der Waals surface area contributed by atoms with Gasteiger partial charge in [-0.15, -0.1) is 0 Å². The van der Waals surface area contributed by atoms with Crippen LogP contribution in [0.25, 0.3) is 0 Å². The van der Waals surface area contributed by atoms with Crippen molar-refractivity contribution in [2.45, 2.75) is 0 Å². The van der Waals surface area contributed by atoms with Crippen molar-refractivity contribution in [1.29, 1.82) is 0 Å².